The van der Waals surface area contributed by atoms with Crippen LogP contribution in [-0.4, -0.2) is 15.9 Å². The quantitative estimate of drug-likeness (QED) is 0.759. The van der Waals surface area contributed by atoms with Gasteiger partial charge >= 0.3 is 6.18 Å². The van der Waals surface area contributed by atoms with Gasteiger partial charge < -0.3 is 0 Å². The lowest BCUT2D eigenvalue weighted by Gasteiger charge is -2.08. The molecule has 8 heteroatoms. The first-order valence-corrected chi connectivity index (χ1v) is 7.66. The molecule has 0 fully saturated rings. The lowest BCUT2D eigenvalue weighted by Crippen LogP contribution is -2.13. The summed E-state index contributed by atoms with van der Waals surface area (Å²) < 4.78 is 38.1. The maximum Gasteiger partial charge on any atom is 0.416 e. The number of aromatic nitrogens is 2. The first-order chi connectivity index (χ1) is 11.4. The number of carbonyl (C=O) groups excluding carboxylic acids is 1. The fraction of sp³-hybridized carbons (Fsp3) is 0.0625. The second-order valence-electron chi connectivity index (χ2n) is 4.81. The van der Waals surface area contributed by atoms with Crippen molar-refractivity contribution in [2.75, 3.05) is 5.32 Å². The molecule has 0 radical (unpaired) electrons. The number of amides is 1. The van der Waals surface area contributed by atoms with Crippen molar-refractivity contribution in [2.45, 2.75) is 6.18 Å². The third kappa shape index (κ3) is 3.60. The number of nitrogens with one attached hydrogen (secondary N) is 1. The molecule has 0 unspecified atom stereocenters. The number of nitrogens with zero attached hydrogens (tertiary/aromatic N) is 2. The van der Waals surface area contributed by atoms with Crippen molar-refractivity contribution in [3.8, 4) is 11.3 Å². The molecule has 1 aromatic carbocycles. The SMILES string of the molecule is O=C(Nc1nc(-c2cccnc2)cs1)c1cccc(C(F)(F)F)c1. The highest BCUT2D eigenvalue weighted by Gasteiger charge is 2.30. The summed E-state index contributed by atoms with van der Waals surface area (Å²) in [5.41, 5.74) is 0.467. The molecule has 24 heavy (non-hydrogen) atoms. The fourth-order valence-corrected chi connectivity index (χ4v) is 2.70. The Hall–Kier alpha value is -2.74. The van der Waals surface area contributed by atoms with E-state index in [0.29, 0.717) is 10.8 Å². The highest BCUT2D eigenvalue weighted by molar-refractivity contribution is 7.14. The Kier molecular flexibility index (Phi) is 4.30. The minimum Gasteiger partial charge on any atom is -0.298 e. The maximum atomic E-state index is 12.7. The molecule has 0 aliphatic rings. The Balaban J connectivity index is 1.77. The Morgan fingerprint density at radius 2 is 2.00 bits per heavy atom. The van der Waals surface area contributed by atoms with Gasteiger partial charge in [-0.25, -0.2) is 4.98 Å². The van der Waals surface area contributed by atoms with Crippen LogP contribution in [0.3, 0.4) is 0 Å². The molecule has 3 rings (SSSR count). The second kappa shape index (κ2) is 6.40. The topological polar surface area (TPSA) is 54.9 Å². The summed E-state index contributed by atoms with van der Waals surface area (Å²) in [6.07, 6.45) is -1.23. The van der Waals surface area contributed by atoms with Crippen LogP contribution in [0.4, 0.5) is 18.3 Å². The molecule has 0 aliphatic carbocycles. The van der Waals surface area contributed by atoms with Crippen LogP contribution in [0.1, 0.15) is 15.9 Å². The minimum absolute atomic E-state index is 0.0806. The third-order valence-electron chi connectivity index (χ3n) is 3.13. The predicted molar refractivity (Wildman–Crippen MR) is 84.7 cm³/mol. The van der Waals surface area contributed by atoms with Crippen molar-refractivity contribution >= 4 is 22.4 Å². The molecule has 4 nitrogen and oxygen atoms in total. The smallest absolute Gasteiger partial charge is 0.298 e. The van der Waals surface area contributed by atoms with Crippen LogP contribution >= 0.6 is 11.3 Å². The number of anilines is 1. The van der Waals surface area contributed by atoms with E-state index in [9.17, 15) is 18.0 Å². The van der Waals surface area contributed by atoms with Gasteiger partial charge in [-0.1, -0.05) is 6.07 Å². The van der Waals surface area contributed by atoms with Gasteiger partial charge in [-0.3, -0.25) is 15.1 Å². The number of thiazole rings is 1. The van der Waals surface area contributed by atoms with Gasteiger partial charge in [0.05, 0.1) is 11.3 Å². The van der Waals surface area contributed by atoms with E-state index in [0.717, 1.165) is 17.7 Å². The standard InChI is InChI=1S/C16H10F3N3OS/c17-16(18,19)12-5-1-3-10(7-12)14(23)22-15-21-13(9-24-15)11-4-2-6-20-8-11/h1-9H,(H,21,22,23). The van der Waals surface area contributed by atoms with Crippen LogP contribution < -0.4 is 5.32 Å². The molecule has 0 aliphatic heterocycles. The van der Waals surface area contributed by atoms with E-state index in [1.807, 2.05) is 6.07 Å². The number of hydrogen-bond donors (Lipinski definition) is 1. The van der Waals surface area contributed by atoms with E-state index in [2.05, 4.69) is 15.3 Å². The van der Waals surface area contributed by atoms with Crippen molar-refractivity contribution in [3.05, 3.63) is 65.3 Å². The molecule has 122 valence electrons. The molecule has 2 aromatic heterocycles. The van der Waals surface area contributed by atoms with E-state index in [1.165, 1.54) is 23.5 Å². The minimum atomic E-state index is -4.50. The summed E-state index contributed by atoms with van der Waals surface area (Å²) in [6, 6.07) is 7.82. The van der Waals surface area contributed by atoms with Gasteiger partial charge in [-0.15, -0.1) is 11.3 Å². The summed E-state index contributed by atoms with van der Waals surface area (Å²) in [4.78, 5) is 20.3. The Morgan fingerprint density at radius 1 is 1.17 bits per heavy atom. The molecule has 3 aromatic rings. The number of benzene rings is 1. The maximum absolute atomic E-state index is 12.7. The summed E-state index contributed by atoms with van der Waals surface area (Å²) in [5, 5.41) is 4.54. The monoisotopic (exact) mass is 349 g/mol. The highest BCUT2D eigenvalue weighted by Crippen LogP contribution is 2.30. The zero-order valence-electron chi connectivity index (χ0n) is 12.0. The molecular formula is C16H10F3N3OS. The zero-order valence-corrected chi connectivity index (χ0v) is 12.9. The van der Waals surface area contributed by atoms with Crippen LogP contribution in [0.15, 0.2) is 54.2 Å². The van der Waals surface area contributed by atoms with E-state index in [1.54, 1.807) is 23.8 Å². The Morgan fingerprint density at radius 3 is 2.71 bits per heavy atom. The largest absolute Gasteiger partial charge is 0.416 e. The average Bonchev–Trinajstić information content (AvgIpc) is 3.03. The first kappa shape index (κ1) is 16.1. The molecule has 0 saturated carbocycles. The number of hydrogen-bond acceptors (Lipinski definition) is 4. The van der Waals surface area contributed by atoms with Crippen LogP contribution in [0.2, 0.25) is 0 Å². The van der Waals surface area contributed by atoms with Gasteiger partial charge in [0.1, 0.15) is 0 Å². The third-order valence-corrected chi connectivity index (χ3v) is 3.89. The molecule has 1 amide bonds. The molecule has 0 atom stereocenters. The van der Waals surface area contributed by atoms with Gasteiger partial charge in [0.25, 0.3) is 5.91 Å². The number of alkyl halides is 3. The van der Waals surface area contributed by atoms with Gasteiger partial charge in [-0.2, -0.15) is 13.2 Å². The first-order valence-electron chi connectivity index (χ1n) is 6.78. The summed E-state index contributed by atoms with van der Waals surface area (Å²) >= 11 is 1.18. The van der Waals surface area contributed by atoms with Gasteiger partial charge in [0.15, 0.2) is 5.13 Å². The highest BCUT2D eigenvalue weighted by atomic mass is 32.1. The molecule has 0 spiro atoms. The lowest BCUT2D eigenvalue weighted by molar-refractivity contribution is -0.137. The molecular weight excluding hydrogens is 339 g/mol. The normalized spacial score (nSPS) is 11.3. The molecule has 2 heterocycles. The number of carbonyl (C=O) groups is 1. The van der Waals surface area contributed by atoms with Crippen molar-refractivity contribution in [3.63, 3.8) is 0 Å². The number of halogens is 3. The van der Waals surface area contributed by atoms with E-state index in [4.69, 9.17) is 0 Å². The Labute approximate surface area is 139 Å². The van der Waals surface area contributed by atoms with Crippen LogP contribution in [0.5, 0.6) is 0 Å². The van der Waals surface area contributed by atoms with Gasteiger partial charge in [0, 0.05) is 28.9 Å². The summed E-state index contributed by atoms with van der Waals surface area (Å²) in [5.74, 6) is -0.645. The van der Waals surface area contributed by atoms with E-state index >= 15 is 0 Å². The second-order valence-corrected chi connectivity index (χ2v) is 5.67. The van der Waals surface area contributed by atoms with Crippen molar-refractivity contribution in [1.29, 1.82) is 0 Å². The van der Waals surface area contributed by atoms with Crippen molar-refractivity contribution in [2.24, 2.45) is 0 Å². The van der Waals surface area contributed by atoms with Gasteiger partial charge in [-0.05, 0) is 30.3 Å². The zero-order chi connectivity index (χ0) is 17.2. The lowest BCUT2D eigenvalue weighted by atomic mass is 10.1. The van der Waals surface area contributed by atoms with Crippen LogP contribution in [0, 0.1) is 0 Å². The van der Waals surface area contributed by atoms with Crippen molar-refractivity contribution in [1.82, 2.24) is 9.97 Å². The summed E-state index contributed by atoms with van der Waals surface area (Å²) in [6.45, 7) is 0. The molecule has 0 bridgehead atoms. The predicted octanol–water partition coefficient (Wildman–Crippen LogP) is 4.48. The van der Waals surface area contributed by atoms with Crippen LogP contribution in [-0.2, 0) is 6.18 Å². The average molecular weight is 349 g/mol. The van der Waals surface area contributed by atoms with Crippen LogP contribution in [0.25, 0.3) is 11.3 Å². The number of pyridine rings is 1. The summed E-state index contributed by atoms with van der Waals surface area (Å²) in [7, 11) is 0. The Bertz CT molecular complexity index is 862. The van der Waals surface area contributed by atoms with Gasteiger partial charge in [0.2, 0.25) is 0 Å². The van der Waals surface area contributed by atoms with Crippen molar-refractivity contribution < 1.29 is 18.0 Å². The fourth-order valence-electron chi connectivity index (χ4n) is 1.98. The molecule has 1 N–H and O–H groups in total. The molecule has 0 saturated heterocycles. The van der Waals surface area contributed by atoms with E-state index < -0.39 is 17.6 Å². The number of rotatable bonds is 3. The van der Waals surface area contributed by atoms with E-state index in [-0.39, 0.29) is 5.56 Å².